The quantitative estimate of drug-likeness (QED) is 0.0255. The number of hydrogen-bond acceptors (Lipinski definition) is 11. The van der Waals surface area contributed by atoms with Crippen LogP contribution in [0.5, 0.6) is 0 Å². The van der Waals surface area contributed by atoms with Gasteiger partial charge in [-0.25, -0.2) is 34.1 Å². The number of nitrogens with zero attached hydrogens (tertiary/aromatic N) is 3. The van der Waals surface area contributed by atoms with Gasteiger partial charge in [0.05, 0.1) is 48.7 Å². The van der Waals surface area contributed by atoms with E-state index in [0.29, 0.717) is 0 Å². The van der Waals surface area contributed by atoms with Crippen LogP contribution >= 0.6 is 0 Å². The van der Waals surface area contributed by atoms with Crippen LogP contribution in [-0.2, 0) is 23.7 Å². The summed E-state index contributed by atoms with van der Waals surface area (Å²) in [6.07, 6.45) is 29.8. The van der Waals surface area contributed by atoms with Gasteiger partial charge in [0.1, 0.15) is 34.2 Å². The Morgan fingerprint density at radius 1 is 0.361 bits per heavy atom. The van der Waals surface area contributed by atoms with Crippen LogP contribution < -0.4 is 0 Å². The third-order valence-corrected chi connectivity index (χ3v) is 12.7. The van der Waals surface area contributed by atoms with Crippen molar-refractivity contribution in [2.24, 2.45) is 0 Å². The molecule has 3 aromatic heterocycles. The molecule has 0 saturated carbocycles. The molecule has 0 N–H and O–H groups in total. The van der Waals surface area contributed by atoms with Gasteiger partial charge in [0.15, 0.2) is 0 Å². The van der Waals surface area contributed by atoms with E-state index >= 15 is 0 Å². The zero-order valence-corrected chi connectivity index (χ0v) is 49.3. The van der Waals surface area contributed by atoms with Gasteiger partial charge < -0.3 is 18.9 Å². The van der Waals surface area contributed by atoms with E-state index < -0.39 is 23.9 Å². The maximum Gasteiger partial charge on any atom is 0.338 e. The number of carbonyl (C=O) groups excluding carboxylic acids is 4. The van der Waals surface area contributed by atoms with Crippen molar-refractivity contribution in [1.82, 2.24) is 15.0 Å². The number of unbranched alkanes of at least 4 members (excludes halogenated alkanes) is 20. The standard InChI is InChI=1S/C72H79N3O8/c1-5-9-13-17-25-37-49-80-69(76)59-41-29-21-23-31-43-63-53-60(70(77)81-50-38-26-18-14-10-6-2)55-65(73-63)45-33-35-47-67-57-62(72(79)83-52-40-28-20-16-12-8-4)58-68(75-67)48-36-34-46-66-56-61(54-64(74-66)44-32-24-22-30-42-59)71(78)82-51-39-27-19-15-11-7-3/h29,41-42,53-58H,5-20,25-28,30,37-40,49-52H2,1-4H3/b41-29-,59-42+. The molecule has 1 aliphatic heterocycles. The van der Waals surface area contributed by atoms with E-state index in [0.717, 1.165) is 128 Å². The summed E-state index contributed by atoms with van der Waals surface area (Å²) in [5.74, 6) is 43.4. The smallest absolute Gasteiger partial charge is 0.338 e. The molecule has 11 nitrogen and oxygen atoms in total. The largest absolute Gasteiger partial charge is 0.462 e. The molecule has 0 saturated heterocycles. The Morgan fingerprint density at radius 2 is 0.639 bits per heavy atom. The van der Waals surface area contributed by atoms with Gasteiger partial charge >= 0.3 is 23.9 Å². The zero-order valence-electron chi connectivity index (χ0n) is 49.3. The molecule has 83 heavy (non-hydrogen) atoms. The van der Waals surface area contributed by atoms with Gasteiger partial charge in [-0.1, -0.05) is 174 Å². The normalized spacial score (nSPS) is 12.2. The summed E-state index contributed by atoms with van der Waals surface area (Å²) in [6.45, 7) is 9.75. The molecule has 0 radical (unpaired) electrons. The molecule has 4 rings (SSSR count). The topological polar surface area (TPSA) is 144 Å². The number of ether oxygens (including phenoxy) is 4. The number of carbonyl (C=O) groups is 4. The number of pyridine rings is 3. The average molecular weight is 1110 g/mol. The van der Waals surface area contributed by atoms with E-state index in [9.17, 15) is 19.2 Å². The molecule has 6 bridgehead atoms. The summed E-state index contributed by atoms with van der Waals surface area (Å²) < 4.78 is 22.6. The van der Waals surface area contributed by atoms with Crippen molar-refractivity contribution < 1.29 is 38.1 Å². The summed E-state index contributed by atoms with van der Waals surface area (Å²) in [6, 6.07) is 9.10. The summed E-state index contributed by atoms with van der Waals surface area (Å²) in [7, 11) is 0. The molecule has 430 valence electrons. The minimum Gasteiger partial charge on any atom is -0.462 e. The summed E-state index contributed by atoms with van der Waals surface area (Å²) >= 11 is 0. The molecule has 0 fully saturated rings. The van der Waals surface area contributed by atoms with Gasteiger partial charge in [0.25, 0.3) is 0 Å². The summed E-state index contributed by atoms with van der Waals surface area (Å²) in [4.78, 5) is 67.1. The van der Waals surface area contributed by atoms with E-state index in [4.69, 9.17) is 18.9 Å². The lowest BCUT2D eigenvalue weighted by Crippen LogP contribution is -2.08. The van der Waals surface area contributed by atoms with Crippen molar-refractivity contribution in [3.63, 3.8) is 0 Å². The molecule has 0 aromatic carbocycles. The highest BCUT2D eigenvalue weighted by Gasteiger charge is 2.14. The van der Waals surface area contributed by atoms with Crippen molar-refractivity contribution >= 4 is 23.9 Å². The van der Waals surface area contributed by atoms with Crippen molar-refractivity contribution in [3.8, 4) is 94.7 Å². The predicted molar refractivity (Wildman–Crippen MR) is 327 cm³/mol. The fourth-order valence-electron chi connectivity index (χ4n) is 8.11. The van der Waals surface area contributed by atoms with Gasteiger partial charge in [0.2, 0.25) is 0 Å². The molecular weight excluding hydrogens is 1030 g/mol. The molecule has 4 heterocycles. The molecule has 0 spiro atoms. The Bertz CT molecular complexity index is 3220. The molecule has 1 aliphatic rings. The SMILES string of the molecule is CCCCCCCCOC(=O)C1=C/CC#CC#Cc2cc(C(=O)OCCCCCCCC)cc(n2)C#CC#Cc2cc(C(=O)OCCCCCCCC)cc(n2)C#CC#Cc2cc(C(=O)OCCCCCCCC)cc(n2)C#CC#C/C=C\1. The van der Waals surface area contributed by atoms with E-state index in [1.165, 1.54) is 68.2 Å². The molecular formula is C72H79N3O8. The van der Waals surface area contributed by atoms with Gasteiger partial charge in [-0.15, -0.1) is 0 Å². The van der Waals surface area contributed by atoms with Gasteiger partial charge in [-0.2, -0.15) is 0 Å². The van der Waals surface area contributed by atoms with E-state index in [1.807, 2.05) is 0 Å². The lowest BCUT2D eigenvalue weighted by Gasteiger charge is -2.06. The summed E-state index contributed by atoms with van der Waals surface area (Å²) in [5, 5.41) is 0. The van der Waals surface area contributed by atoms with Crippen LogP contribution in [-0.4, -0.2) is 65.3 Å². The zero-order chi connectivity index (χ0) is 59.2. The minimum absolute atomic E-state index is 0.154. The molecule has 0 unspecified atom stereocenters. The maximum atomic E-state index is 13.4. The van der Waals surface area contributed by atoms with Crippen LogP contribution in [0.3, 0.4) is 0 Å². The Balaban J connectivity index is 1.78. The highest BCUT2D eigenvalue weighted by atomic mass is 16.5. The highest BCUT2D eigenvalue weighted by Crippen LogP contribution is 2.14. The third-order valence-electron chi connectivity index (χ3n) is 12.7. The van der Waals surface area contributed by atoms with Crippen LogP contribution in [0.1, 0.15) is 253 Å². The fourth-order valence-corrected chi connectivity index (χ4v) is 8.11. The molecule has 3 aromatic rings. The molecule has 0 aliphatic carbocycles. The second-order valence-corrected chi connectivity index (χ2v) is 19.8. The minimum atomic E-state index is -0.553. The number of fused-ring (bicyclic) bond motifs is 6. The number of rotatable bonds is 32. The van der Waals surface area contributed by atoms with E-state index in [-0.39, 0.29) is 89.3 Å². The second-order valence-electron chi connectivity index (χ2n) is 19.8. The fraction of sp³-hybridized carbons (Fsp3) is 0.458. The van der Waals surface area contributed by atoms with Crippen LogP contribution in [0.4, 0.5) is 0 Å². The van der Waals surface area contributed by atoms with Gasteiger partial charge in [-0.3, -0.25) is 0 Å². The second kappa shape index (κ2) is 43.1. The Morgan fingerprint density at radius 3 is 0.964 bits per heavy atom. The van der Waals surface area contributed by atoms with Crippen LogP contribution in [0, 0.1) is 94.7 Å². The lowest BCUT2D eigenvalue weighted by atomic mass is 10.1. The van der Waals surface area contributed by atoms with Crippen LogP contribution in [0.15, 0.2) is 60.2 Å². The number of hydrogen-bond donors (Lipinski definition) is 0. The van der Waals surface area contributed by atoms with E-state index in [1.54, 1.807) is 12.2 Å². The van der Waals surface area contributed by atoms with Crippen molar-refractivity contribution in [2.75, 3.05) is 26.4 Å². The lowest BCUT2D eigenvalue weighted by molar-refractivity contribution is -0.138. The molecule has 0 amide bonds. The highest BCUT2D eigenvalue weighted by molar-refractivity contribution is 5.92. The van der Waals surface area contributed by atoms with Crippen molar-refractivity contribution in [3.05, 3.63) is 111 Å². The van der Waals surface area contributed by atoms with E-state index in [2.05, 4.69) is 137 Å². The first-order valence-corrected chi connectivity index (χ1v) is 29.9. The monoisotopic (exact) mass is 1110 g/mol. The van der Waals surface area contributed by atoms with Crippen molar-refractivity contribution in [2.45, 2.75) is 188 Å². The molecule has 11 heteroatoms. The van der Waals surface area contributed by atoms with Gasteiger partial charge in [0, 0.05) is 6.42 Å². The Kier molecular flexibility index (Phi) is 34.7. The van der Waals surface area contributed by atoms with Crippen molar-refractivity contribution in [1.29, 1.82) is 0 Å². The first kappa shape index (κ1) is 66.8. The number of aromatic nitrogens is 3. The first-order valence-electron chi connectivity index (χ1n) is 29.9. The predicted octanol–water partition coefficient (Wildman–Crippen LogP) is 13.7. The van der Waals surface area contributed by atoms with Crippen LogP contribution in [0.25, 0.3) is 0 Å². The third kappa shape index (κ3) is 30.1. The Labute approximate surface area is 495 Å². The average Bonchev–Trinajstić information content (AvgIpc) is 3.50. The number of allylic oxidation sites excluding steroid dienone is 2. The van der Waals surface area contributed by atoms with Gasteiger partial charge in [-0.05, 0) is 157 Å². The Hall–Kier alpha value is -8.71. The number of esters is 4. The maximum absolute atomic E-state index is 13.4. The molecule has 0 atom stereocenters. The summed E-state index contributed by atoms with van der Waals surface area (Å²) in [5.41, 5.74) is 2.12. The first-order chi connectivity index (χ1) is 40.7. The van der Waals surface area contributed by atoms with Crippen LogP contribution in [0.2, 0.25) is 0 Å².